The van der Waals surface area contributed by atoms with Crippen LogP contribution in [0, 0.1) is 12.7 Å². The molecule has 0 aliphatic carbocycles. The Labute approximate surface area is 112 Å². The molecule has 1 aromatic carbocycles. The van der Waals surface area contributed by atoms with Gasteiger partial charge < -0.3 is 15.1 Å². The molecule has 19 heavy (non-hydrogen) atoms. The lowest BCUT2D eigenvalue weighted by Crippen LogP contribution is -2.21. The molecule has 2 aromatic rings. The first-order valence-electron chi connectivity index (χ1n) is 6.42. The van der Waals surface area contributed by atoms with E-state index < -0.39 is 0 Å². The first-order valence-corrected chi connectivity index (χ1v) is 6.42. The van der Waals surface area contributed by atoms with Gasteiger partial charge in [-0.15, -0.1) is 0 Å². The van der Waals surface area contributed by atoms with Gasteiger partial charge in [0, 0.05) is 12.2 Å². The minimum absolute atomic E-state index is 0.223. The van der Waals surface area contributed by atoms with Crippen LogP contribution in [0.1, 0.15) is 24.0 Å². The number of hydrogen-bond acceptors (Lipinski definition) is 3. The van der Waals surface area contributed by atoms with Crippen LogP contribution in [0.25, 0.3) is 0 Å². The smallest absolute Gasteiger partial charge is 0.123 e. The average molecular weight is 262 g/mol. The fraction of sp³-hybridized carbons (Fsp3) is 0.333. The minimum atomic E-state index is -0.223. The Kier molecular flexibility index (Phi) is 4.22. The molecule has 0 saturated heterocycles. The highest BCUT2D eigenvalue weighted by molar-refractivity contribution is 5.46. The predicted molar refractivity (Wildman–Crippen MR) is 74.5 cm³/mol. The summed E-state index contributed by atoms with van der Waals surface area (Å²) in [6.45, 7) is 5.94. The Balaban J connectivity index is 2.16. The van der Waals surface area contributed by atoms with Crippen LogP contribution in [0.2, 0.25) is 0 Å². The first-order chi connectivity index (χ1) is 9.13. The lowest BCUT2D eigenvalue weighted by Gasteiger charge is -2.21. The molecule has 2 N–H and O–H groups in total. The molecular formula is C15H19FN2O. The Morgan fingerprint density at radius 1 is 1.26 bits per heavy atom. The summed E-state index contributed by atoms with van der Waals surface area (Å²) in [6, 6.07) is 8.50. The number of nitrogens with zero attached hydrogens (tertiary/aromatic N) is 1. The summed E-state index contributed by atoms with van der Waals surface area (Å²) in [7, 11) is 0. The second-order valence-corrected chi connectivity index (χ2v) is 4.51. The maximum atomic E-state index is 12.9. The normalized spacial score (nSPS) is 10.7. The molecular weight excluding hydrogens is 243 g/mol. The van der Waals surface area contributed by atoms with E-state index in [4.69, 9.17) is 10.2 Å². The summed E-state index contributed by atoms with van der Waals surface area (Å²) in [4.78, 5) is 2.12. The molecule has 0 aliphatic heterocycles. The zero-order valence-electron chi connectivity index (χ0n) is 11.3. The van der Waals surface area contributed by atoms with Gasteiger partial charge in [-0.05, 0) is 49.7 Å². The van der Waals surface area contributed by atoms with Gasteiger partial charge in [-0.25, -0.2) is 4.39 Å². The zero-order valence-corrected chi connectivity index (χ0v) is 11.3. The van der Waals surface area contributed by atoms with Crippen molar-refractivity contribution in [3.63, 3.8) is 0 Å². The van der Waals surface area contributed by atoms with E-state index in [9.17, 15) is 4.39 Å². The van der Waals surface area contributed by atoms with Crippen LogP contribution in [-0.4, -0.2) is 6.54 Å². The summed E-state index contributed by atoms with van der Waals surface area (Å²) in [5.41, 5.74) is 7.66. The van der Waals surface area contributed by atoms with Gasteiger partial charge in [0.05, 0.1) is 13.1 Å². The summed E-state index contributed by atoms with van der Waals surface area (Å²) >= 11 is 0. The van der Waals surface area contributed by atoms with Crippen molar-refractivity contribution in [3.8, 4) is 0 Å². The quantitative estimate of drug-likeness (QED) is 0.899. The van der Waals surface area contributed by atoms with Crippen LogP contribution < -0.4 is 10.6 Å². The number of aryl methyl sites for hydroxylation is 1. The van der Waals surface area contributed by atoms with Crippen LogP contribution in [0.3, 0.4) is 0 Å². The molecule has 2 rings (SSSR count). The van der Waals surface area contributed by atoms with Crippen molar-refractivity contribution < 1.29 is 8.81 Å². The Hall–Kier alpha value is -1.81. The fourth-order valence-corrected chi connectivity index (χ4v) is 2.10. The average Bonchev–Trinajstić information content (AvgIpc) is 2.77. The maximum Gasteiger partial charge on any atom is 0.123 e. The topological polar surface area (TPSA) is 42.4 Å². The molecule has 0 radical (unpaired) electrons. The van der Waals surface area contributed by atoms with Crippen LogP contribution in [0.4, 0.5) is 10.1 Å². The van der Waals surface area contributed by atoms with Gasteiger partial charge in [0.15, 0.2) is 0 Å². The largest absolute Gasteiger partial charge is 0.463 e. The van der Waals surface area contributed by atoms with Crippen LogP contribution in [0.5, 0.6) is 0 Å². The van der Waals surface area contributed by atoms with Gasteiger partial charge in [0.1, 0.15) is 17.3 Å². The van der Waals surface area contributed by atoms with Crippen molar-refractivity contribution in [2.75, 3.05) is 11.4 Å². The number of halogens is 1. The second kappa shape index (κ2) is 5.89. The number of anilines is 1. The fourth-order valence-electron chi connectivity index (χ4n) is 2.10. The molecule has 0 atom stereocenters. The summed E-state index contributed by atoms with van der Waals surface area (Å²) < 4.78 is 18.6. The number of hydrogen-bond donors (Lipinski definition) is 1. The van der Waals surface area contributed by atoms with E-state index >= 15 is 0 Å². The van der Waals surface area contributed by atoms with E-state index in [1.165, 1.54) is 12.1 Å². The Morgan fingerprint density at radius 2 is 1.95 bits per heavy atom. The Morgan fingerprint density at radius 3 is 2.47 bits per heavy atom. The molecule has 0 aliphatic rings. The standard InChI is InChI=1S/C15H19FN2O/c1-3-18(13-6-4-12(16)5-7-13)10-14-8-11(2)15(9-17)19-14/h4-8H,3,9-10,17H2,1-2H3. The third kappa shape index (κ3) is 3.15. The van der Waals surface area contributed by atoms with Crippen LogP contribution in [-0.2, 0) is 13.1 Å². The van der Waals surface area contributed by atoms with Crippen LogP contribution >= 0.6 is 0 Å². The highest BCUT2D eigenvalue weighted by Gasteiger charge is 2.11. The first kappa shape index (κ1) is 13.6. The van der Waals surface area contributed by atoms with E-state index in [2.05, 4.69) is 11.8 Å². The highest BCUT2D eigenvalue weighted by atomic mass is 19.1. The van der Waals surface area contributed by atoms with Gasteiger partial charge in [-0.2, -0.15) is 0 Å². The molecule has 0 saturated carbocycles. The molecule has 102 valence electrons. The molecule has 0 unspecified atom stereocenters. The zero-order chi connectivity index (χ0) is 13.8. The SMILES string of the molecule is CCN(Cc1cc(C)c(CN)o1)c1ccc(F)cc1. The summed E-state index contributed by atoms with van der Waals surface area (Å²) in [6.07, 6.45) is 0. The summed E-state index contributed by atoms with van der Waals surface area (Å²) in [5, 5.41) is 0. The van der Waals surface area contributed by atoms with Crippen molar-refractivity contribution in [2.45, 2.75) is 26.9 Å². The Bertz CT molecular complexity index is 534. The lowest BCUT2D eigenvalue weighted by atomic mass is 10.2. The van der Waals surface area contributed by atoms with Crippen molar-refractivity contribution in [1.29, 1.82) is 0 Å². The lowest BCUT2D eigenvalue weighted by molar-refractivity contribution is 0.461. The number of rotatable bonds is 5. The predicted octanol–water partition coefficient (Wildman–Crippen LogP) is 3.21. The van der Waals surface area contributed by atoms with E-state index in [1.54, 1.807) is 12.1 Å². The van der Waals surface area contributed by atoms with Gasteiger partial charge in [-0.1, -0.05) is 0 Å². The second-order valence-electron chi connectivity index (χ2n) is 4.51. The third-order valence-corrected chi connectivity index (χ3v) is 3.18. The van der Waals surface area contributed by atoms with E-state index in [-0.39, 0.29) is 5.82 Å². The third-order valence-electron chi connectivity index (χ3n) is 3.18. The summed E-state index contributed by atoms with van der Waals surface area (Å²) in [5.74, 6) is 1.48. The minimum Gasteiger partial charge on any atom is -0.463 e. The van der Waals surface area contributed by atoms with Crippen molar-refractivity contribution in [2.24, 2.45) is 5.73 Å². The molecule has 1 heterocycles. The molecule has 1 aromatic heterocycles. The van der Waals surface area contributed by atoms with E-state index in [1.807, 2.05) is 13.0 Å². The number of benzene rings is 1. The van der Waals surface area contributed by atoms with Crippen LogP contribution in [0.15, 0.2) is 34.7 Å². The van der Waals surface area contributed by atoms with E-state index in [0.29, 0.717) is 13.1 Å². The molecule has 0 bridgehead atoms. The molecule has 0 fully saturated rings. The van der Waals surface area contributed by atoms with Gasteiger partial charge >= 0.3 is 0 Å². The molecule has 4 heteroatoms. The van der Waals surface area contributed by atoms with Gasteiger partial charge in [0.2, 0.25) is 0 Å². The molecule has 0 spiro atoms. The molecule has 0 amide bonds. The monoisotopic (exact) mass is 262 g/mol. The highest BCUT2D eigenvalue weighted by Crippen LogP contribution is 2.20. The van der Waals surface area contributed by atoms with Crippen molar-refractivity contribution in [3.05, 3.63) is 53.2 Å². The van der Waals surface area contributed by atoms with Crippen molar-refractivity contribution in [1.82, 2.24) is 0 Å². The van der Waals surface area contributed by atoms with E-state index in [0.717, 1.165) is 29.3 Å². The van der Waals surface area contributed by atoms with Crippen molar-refractivity contribution >= 4 is 5.69 Å². The number of nitrogens with two attached hydrogens (primary N) is 1. The molecule has 3 nitrogen and oxygen atoms in total. The maximum absolute atomic E-state index is 12.9. The number of furan rings is 1. The van der Waals surface area contributed by atoms with Gasteiger partial charge in [-0.3, -0.25) is 0 Å². The van der Waals surface area contributed by atoms with Gasteiger partial charge in [0.25, 0.3) is 0 Å².